The fourth-order valence-electron chi connectivity index (χ4n) is 1.91. The number of nitrogens with one attached hydrogen (secondary N) is 2. The molecule has 0 aliphatic heterocycles. The van der Waals surface area contributed by atoms with Gasteiger partial charge in [0.15, 0.2) is 6.61 Å². The predicted molar refractivity (Wildman–Crippen MR) is 103 cm³/mol. The molecule has 0 unspecified atom stereocenters. The number of carbonyl (C=O) groups excluding carboxylic acids is 3. The average Bonchev–Trinajstić information content (AvgIpc) is 2.65. The Kier molecular flexibility index (Phi) is 7.39. The van der Waals surface area contributed by atoms with E-state index in [-0.39, 0.29) is 6.61 Å². The first-order valence-corrected chi connectivity index (χ1v) is 8.82. The SMILES string of the molecule is CCOC(=O)c1ccc(OCC(=O)NNC(=O)c2cccc(I)c2)cc1. The average molecular weight is 468 g/mol. The summed E-state index contributed by atoms with van der Waals surface area (Å²) in [5.41, 5.74) is 5.43. The minimum atomic E-state index is -0.515. The van der Waals surface area contributed by atoms with Gasteiger partial charge in [-0.05, 0) is 72.0 Å². The molecule has 7 nitrogen and oxygen atoms in total. The van der Waals surface area contributed by atoms with Gasteiger partial charge < -0.3 is 9.47 Å². The second kappa shape index (κ2) is 9.76. The van der Waals surface area contributed by atoms with E-state index < -0.39 is 17.8 Å². The normalized spacial score (nSPS) is 9.92. The van der Waals surface area contributed by atoms with E-state index >= 15 is 0 Å². The highest BCUT2D eigenvalue weighted by atomic mass is 127. The summed E-state index contributed by atoms with van der Waals surface area (Å²) in [6.45, 7) is 1.74. The molecule has 2 N–H and O–H groups in total. The first-order chi connectivity index (χ1) is 12.5. The van der Waals surface area contributed by atoms with Crippen molar-refractivity contribution in [2.24, 2.45) is 0 Å². The molecular formula is C18H17IN2O5. The number of hydrogen-bond acceptors (Lipinski definition) is 5. The molecule has 0 radical (unpaired) electrons. The molecule has 0 heterocycles. The number of rotatable bonds is 6. The lowest BCUT2D eigenvalue weighted by Crippen LogP contribution is -2.43. The van der Waals surface area contributed by atoms with Gasteiger partial charge in [0.2, 0.25) is 0 Å². The third-order valence-corrected chi connectivity index (χ3v) is 3.81. The Morgan fingerprint density at radius 1 is 1.00 bits per heavy atom. The van der Waals surface area contributed by atoms with Crippen LogP contribution in [0.1, 0.15) is 27.6 Å². The van der Waals surface area contributed by atoms with Crippen LogP contribution in [0.2, 0.25) is 0 Å². The molecule has 2 aromatic carbocycles. The summed E-state index contributed by atoms with van der Waals surface area (Å²) in [5.74, 6) is -0.943. The highest BCUT2D eigenvalue weighted by Crippen LogP contribution is 2.13. The third kappa shape index (κ3) is 6.03. The molecule has 0 atom stereocenters. The summed E-state index contributed by atoms with van der Waals surface area (Å²) in [5, 5.41) is 0. The van der Waals surface area contributed by atoms with Crippen molar-refractivity contribution < 1.29 is 23.9 Å². The summed E-state index contributed by atoms with van der Waals surface area (Å²) in [6, 6.07) is 13.2. The molecule has 0 bridgehead atoms. The molecule has 136 valence electrons. The van der Waals surface area contributed by atoms with E-state index in [1.54, 1.807) is 49.4 Å². The van der Waals surface area contributed by atoms with E-state index in [4.69, 9.17) is 9.47 Å². The number of benzene rings is 2. The highest BCUT2D eigenvalue weighted by Gasteiger charge is 2.09. The lowest BCUT2D eigenvalue weighted by Gasteiger charge is -2.09. The Balaban J connectivity index is 1.78. The van der Waals surface area contributed by atoms with Crippen molar-refractivity contribution in [1.82, 2.24) is 10.9 Å². The van der Waals surface area contributed by atoms with Crippen LogP contribution in [0.25, 0.3) is 0 Å². The van der Waals surface area contributed by atoms with Crippen LogP contribution in [-0.4, -0.2) is 31.0 Å². The van der Waals surface area contributed by atoms with Crippen molar-refractivity contribution in [2.75, 3.05) is 13.2 Å². The number of amides is 2. The minimum Gasteiger partial charge on any atom is -0.484 e. The number of carbonyl (C=O) groups is 3. The van der Waals surface area contributed by atoms with Crippen molar-refractivity contribution in [2.45, 2.75) is 6.92 Å². The fourth-order valence-corrected chi connectivity index (χ4v) is 2.46. The van der Waals surface area contributed by atoms with Crippen molar-refractivity contribution in [3.63, 3.8) is 0 Å². The van der Waals surface area contributed by atoms with Gasteiger partial charge in [0.1, 0.15) is 5.75 Å². The first kappa shape index (κ1) is 19.7. The lowest BCUT2D eigenvalue weighted by molar-refractivity contribution is -0.123. The zero-order chi connectivity index (χ0) is 18.9. The maximum absolute atomic E-state index is 11.9. The summed E-state index contributed by atoms with van der Waals surface area (Å²) in [7, 11) is 0. The summed E-state index contributed by atoms with van der Waals surface area (Å²) < 4.78 is 11.1. The van der Waals surface area contributed by atoms with E-state index in [0.717, 1.165) is 3.57 Å². The molecule has 0 aromatic heterocycles. The number of ether oxygens (including phenoxy) is 2. The monoisotopic (exact) mass is 468 g/mol. The van der Waals surface area contributed by atoms with Crippen LogP contribution in [0.4, 0.5) is 0 Å². The molecule has 0 saturated carbocycles. The Morgan fingerprint density at radius 2 is 1.73 bits per heavy atom. The van der Waals surface area contributed by atoms with Gasteiger partial charge in [-0.1, -0.05) is 6.07 Å². The molecule has 8 heteroatoms. The van der Waals surface area contributed by atoms with Gasteiger partial charge in [-0.3, -0.25) is 20.4 Å². The lowest BCUT2D eigenvalue weighted by atomic mass is 10.2. The van der Waals surface area contributed by atoms with Crippen LogP contribution in [0, 0.1) is 3.57 Å². The standard InChI is InChI=1S/C18H17IN2O5/c1-2-25-18(24)12-6-8-15(9-7-12)26-11-16(22)20-21-17(23)13-4-3-5-14(19)10-13/h3-10H,2,11H2,1H3,(H,20,22)(H,21,23). The van der Waals surface area contributed by atoms with E-state index in [0.29, 0.717) is 23.5 Å². The van der Waals surface area contributed by atoms with Gasteiger partial charge in [0.25, 0.3) is 11.8 Å². The van der Waals surface area contributed by atoms with Gasteiger partial charge in [0, 0.05) is 9.13 Å². The Labute approximate surface area is 164 Å². The molecule has 0 fully saturated rings. The van der Waals surface area contributed by atoms with E-state index in [2.05, 4.69) is 33.4 Å². The van der Waals surface area contributed by atoms with Gasteiger partial charge >= 0.3 is 5.97 Å². The van der Waals surface area contributed by atoms with Gasteiger partial charge in [-0.2, -0.15) is 0 Å². The van der Waals surface area contributed by atoms with Crippen LogP contribution in [0.15, 0.2) is 48.5 Å². The molecule has 2 aromatic rings. The Bertz CT molecular complexity index is 792. The maximum Gasteiger partial charge on any atom is 0.338 e. The largest absolute Gasteiger partial charge is 0.484 e. The highest BCUT2D eigenvalue weighted by molar-refractivity contribution is 14.1. The topological polar surface area (TPSA) is 93.7 Å². The van der Waals surface area contributed by atoms with Crippen molar-refractivity contribution in [3.05, 3.63) is 63.2 Å². The number of esters is 1. The third-order valence-electron chi connectivity index (χ3n) is 3.14. The van der Waals surface area contributed by atoms with Gasteiger partial charge in [-0.15, -0.1) is 0 Å². The molecule has 0 aliphatic carbocycles. The summed E-state index contributed by atoms with van der Waals surface area (Å²) in [6.07, 6.45) is 0. The molecule has 0 spiro atoms. The molecule has 2 rings (SSSR count). The molecule has 0 aliphatic rings. The van der Waals surface area contributed by atoms with E-state index in [1.807, 2.05) is 6.07 Å². The van der Waals surface area contributed by atoms with Crippen LogP contribution in [0.5, 0.6) is 5.75 Å². The van der Waals surface area contributed by atoms with Gasteiger partial charge in [0.05, 0.1) is 12.2 Å². The van der Waals surface area contributed by atoms with Crippen LogP contribution >= 0.6 is 22.6 Å². The number of halogens is 1. The quantitative estimate of drug-likeness (QED) is 0.386. The zero-order valence-electron chi connectivity index (χ0n) is 14.0. The predicted octanol–water partition coefficient (Wildman–Crippen LogP) is 2.31. The van der Waals surface area contributed by atoms with Crippen molar-refractivity contribution in [1.29, 1.82) is 0 Å². The molecular weight excluding hydrogens is 451 g/mol. The Morgan fingerprint density at radius 3 is 2.38 bits per heavy atom. The number of hydrazine groups is 1. The fraction of sp³-hybridized carbons (Fsp3) is 0.167. The van der Waals surface area contributed by atoms with E-state index in [9.17, 15) is 14.4 Å². The molecule has 0 saturated heterocycles. The van der Waals surface area contributed by atoms with Crippen molar-refractivity contribution >= 4 is 40.4 Å². The van der Waals surface area contributed by atoms with Crippen LogP contribution in [-0.2, 0) is 9.53 Å². The van der Waals surface area contributed by atoms with E-state index in [1.165, 1.54) is 0 Å². The minimum absolute atomic E-state index is 0.286. The molecule has 26 heavy (non-hydrogen) atoms. The van der Waals surface area contributed by atoms with Crippen LogP contribution in [0.3, 0.4) is 0 Å². The van der Waals surface area contributed by atoms with Crippen LogP contribution < -0.4 is 15.6 Å². The summed E-state index contributed by atoms with van der Waals surface area (Å²) in [4.78, 5) is 35.2. The van der Waals surface area contributed by atoms with Gasteiger partial charge in [-0.25, -0.2) is 4.79 Å². The Hall–Kier alpha value is -2.62. The first-order valence-electron chi connectivity index (χ1n) is 7.74. The second-order valence-electron chi connectivity index (χ2n) is 5.05. The second-order valence-corrected chi connectivity index (χ2v) is 6.29. The van der Waals surface area contributed by atoms with Crippen molar-refractivity contribution in [3.8, 4) is 5.75 Å². The summed E-state index contributed by atoms with van der Waals surface area (Å²) >= 11 is 2.09. The molecule has 2 amide bonds. The number of hydrogen-bond donors (Lipinski definition) is 2. The zero-order valence-corrected chi connectivity index (χ0v) is 16.1. The maximum atomic E-state index is 11.9. The smallest absolute Gasteiger partial charge is 0.338 e.